The van der Waals surface area contributed by atoms with Crippen molar-refractivity contribution in [2.24, 2.45) is 5.84 Å². The molecule has 0 saturated heterocycles. The molecule has 3 N–H and O–H groups in total. The predicted molar refractivity (Wildman–Crippen MR) is 68.5 cm³/mol. The van der Waals surface area contributed by atoms with Crippen molar-refractivity contribution in [2.75, 3.05) is 12.5 Å². The van der Waals surface area contributed by atoms with Crippen molar-refractivity contribution >= 4 is 11.6 Å². The molecule has 0 aliphatic carbocycles. The van der Waals surface area contributed by atoms with Crippen LogP contribution in [0.15, 0.2) is 18.3 Å². The molecule has 0 spiro atoms. The van der Waals surface area contributed by atoms with E-state index in [-0.39, 0.29) is 11.9 Å². The number of anilines is 1. The summed E-state index contributed by atoms with van der Waals surface area (Å²) in [6.07, 6.45) is 3.45. The van der Waals surface area contributed by atoms with Gasteiger partial charge in [-0.3, -0.25) is 15.6 Å². The van der Waals surface area contributed by atoms with Gasteiger partial charge in [-0.25, -0.2) is 0 Å². The van der Waals surface area contributed by atoms with Crippen molar-refractivity contribution in [3.63, 3.8) is 0 Å². The number of hydrogen-bond donors (Lipinski definition) is 2. The lowest BCUT2D eigenvalue weighted by molar-refractivity contribution is 0.0718. The van der Waals surface area contributed by atoms with Crippen LogP contribution in [0.2, 0.25) is 0 Å². The highest BCUT2D eigenvalue weighted by Gasteiger charge is 2.19. The van der Waals surface area contributed by atoms with E-state index in [1.807, 2.05) is 7.05 Å². The Bertz CT molecular complexity index is 377. The number of hydrogen-bond acceptors (Lipinski definition) is 4. The molecular weight excluding hydrogens is 216 g/mol. The van der Waals surface area contributed by atoms with Crippen LogP contribution in [0.4, 0.5) is 5.69 Å². The van der Waals surface area contributed by atoms with Gasteiger partial charge in [-0.2, -0.15) is 0 Å². The Hall–Kier alpha value is -1.62. The number of hydrazine groups is 1. The zero-order valence-corrected chi connectivity index (χ0v) is 10.6. The van der Waals surface area contributed by atoms with Crippen molar-refractivity contribution in [1.29, 1.82) is 0 Å². The van der Waals surface area contributed by atoms with Gasteiger partial charge < -0.3 is 10.3 Å². The summed E-state index contributed by atoms with van der Waals surface area (Å²) in [6, 6.07) is 3.62. The van der Waals surface area contributed by atoms with Crippen LogP contribution < -0.4 is 11.3 Å². The molecule has 5 nitrogen and oxygen atoms in total. The molecule has 0 aromatic carbocycles. The van der Waals surface area contributed by atoms with Crippen molar-refractivity contribution < 1.29 is 4.79 Å². The maximum absolute atomic E-state index is 12.2. The van der Waals surface area contributed by atoms with Gasteiger partial charge in [0, 0.05) is 19.3 Å². The average molecular weight is 236 g/mol. The number of nitrogens with two attached hydrogens (primary N) is 1. The number of carbonyl (C=O) groups is 1. The first kappa shape index (κ1) is 13.4. The summed E-state index contributed by atoms with van der Waals surface area (Å²) in [6.45, 7) is 4.15. The molecule has 1 aromatic heterocycles. The van der Waals surface area contributed by atoms with Gasteiger partial charge in [0.25, 0.3) is 5.91 Å². The van der Waals surface area contributed by atoms with Gasteiger partial charge in [-0.1, -0.05) is 13.8 Å². The predicted octanol–water partition coefficient (Wildman–Crippen LogP) is 1.63. The van der Waals surface area contributed by atoms with Crippen LogP contribution in [0.3, 0.4) is 0 Å². The molecule has 17 heavy (non-hydrogen) atoms. The number of nitrogens with one attached hydrogen (secondary N) is 1. The second kappa shape index (κ2) is 6.20. The Balaban J connectivity index is 2.87. The van der Waals surface area contributed by atoms with Crippen LogP contribution in [-0.4, -0.2) is 28.9 Å². The minimum absolute atomic E-state index is 0.0733. The lowest BCUT2D eigenvalue weighted by atomic mass is 10.1. The maximum Gasteiger partial charge on any atom is 0.272 e. The normalized spacial score (nSPS) is 10.4. The van der Waals surface area contributed by atoms with Gasteiger partial charge in [0.05, 0.1) is 5.69 Å². The number of carbonyl (C=O) groups excluding carboxylic acids is 1. The van der Waals surface area contributed by atoms with Crippen molar-refractivity contribution in [2.45, 2.75) is 32.7 Å². The largest absolute Gasteiger partial charge is 0.337 e. The van der Waals surface area contributed by atoms with E-state index in [1.165, 1.54) is 0 Å². The minimum atomic E-state index is -0.0733. The molecule has 1 rings (SSSR count). The van der Waals surface area contributed by atoms with Crippen LogP contribution in [0, 0.1) is 0 Å². The first-order chi connectivity index (χ1) is 8.13. The summed E-state index contributed by atoms with van der Waals surface area (Å²) in [5.74, 6) is 5.23. The molecule has 0 aliphatic heterocycles. The smallest absolute Gasteiger partial charge is 0.272 e. The second-order valence-electron chi connectivity index (χ2n) is 3.96. The summed E-state index contributed by atoms with van der Waals surface area (Å²) in [5, 5.41) is 0. The van der Waals surface area contributed by atoms with E-state index in [2.05, 4.69) is 24.3 Å². The van der Waals surface area contributed by atoms with E-state index in [0.29, 0.717) is 11.4 Å². The lowest BCUT2D eigenvalue weighted by Crippen LogP contribution is -2.36. The van der Waals surface area contributed by atoms with E-state index >= 15 is 0 Å². The molecule has 0 bridgehead atoms. The summed E-state index contributed by atoms with van der Waals surface area (Å²) in [4.78, 5) is 18.0. The molecular formula is C12H20N4O. The number of aromatic nitrogens is 1. The minimum Gasteiger partial charge on any atom is -0.337 e. The van der Waals surface area contributed by atoms with E-state index in [0.717, 1.165) is 12.8 Å². The van der Waals surface area contributed by atoms with Gasteiger partial charge in [-0.15, -0.1) is 0 Å². The lowest BCUT2D eigenvalue weighted by Gasteiger charge is -2.26. The van der Waals surface area contributed by atoms with Gasteiger partial charge >= 0.3 is 0 Å². The Morgan fingerprint density at radius 2 is 2.18 bits per heavy atom. The Morgan fingerprint density at radius 3 is 2.71 bits per heavy atom. The Kier molecular flexibility index (Phi) is 4.90. The topological polar surface area (TPSA) is 71.2 Å². The Morgan fingerprint density at radius 1 is 1.53 bits per heavy atom. The number of amides is 1. The van der Waals surface area contributed by atoms with Crippen LogP contribution in [0.1, 0.15) is 37.2 Å². The van der Waals surface area contributed by atoms with Crippen LogP contribution in [0.5, 0.6) is 0 Å². The number of nitrogens with zero attached hydrogens (tertiary/aromatic N) is 2. The highest BCUT2D eigenvalue weighted by atomic mass is 16.2. The summed E-state index contributed by atoms with van der Waals surface area (Å²) in [5.41, 5.74) is 3.60. The maximum atomic E-state index is 12.2. The monoisotopic (exact) mass is 236 g/mol. The highest BCUT2D eigenvalue weighted by Crippen LogP contribution is 2.12. The number of pyridine rings is 1. The molecule has 1 heterocycles. The van der Waals surface area contributed by atoms with Crippen LogP contribution in [-0.2, 0) is 0 Å². The molecule has 0 radical (unpaired) electrons. The number of nitrogen functional groups attached to an aromatic ring is 1. The van der Waals surface area contributed by atoms with Gasteiger partial charge in [0.1, 0.15) is 5.69 Å². The first-order valence-corrected chi connectivity index (χ1v) is 5.83. The van der Waals surface area contributed by atoms with E-state index in [9.17, 15) is 4.79 Å². The fourth-order valence-corrected chi connectivity index (χ4v) is 1.82. The summed E-state index contributed by atoms with van der Waals surface area (Å²) in [7, 11) is 1.81. The molecule has 94 valence electrons. The molecule has 0 unspecified atom stereocenters. The molecule has 0 fully saturated rings. The van der Waals surface area contributed by atoms with E-state index in [1.54, 1.807) is 23.2 Å². The fourth-order valence-electron chi connectivity index (χ4n) is 1.82. The quantitative estimate of drug-likeness (QED) is 0.602. The zero-order chi connectivity index (χ0) is 12.8. The fraction of sp³-hybridized carbons (Fsp3) is 0.500. The summed E-state index contributed by atoms with van der Waals surface area (Å²) >= 11 is 0. The molecule has 0 atom stereocenters. The average Bonchev–Trinajstić information content (AvgIpc) is 2.39. The van der Waals surface area contributed by atoms with Crippen LogP contribution >= 0.6 is 0 Å². The van der Waals surface area contributed by atoms with Gasteiger partial charge in [-0.05, 0) is 25.0 Å². The van der Waals surface area contributed by atoms with Gasteiger partial charge in [0.15, 0.2) is 0 Å². The van der Waals surface area contributed by atoms with Gasteiger partial charge in [0.2, 0.25) is 0 Å². The molecule has 1 aromatic rings. The standard InChI is InChI=1S/C12H20N4O/c1-4-10(5-2)16(3)12(17)11-8-9(15-13)6-7-14-11/h6-8,10H,4-5,13H2,1-3H3,(H,14,15). The molecule has 0 aliphatic rings. The van der Waals surface area contributed by atoms with Crippen molar-refractivity contribution in [3.8, 4) is 0 Å². The first-order valence-electron chi connectivity index (χ1n) is 5.83. The van der Waals surface area contributed by atoms with E-state index in [4.69, 9.17) is 5.84 Å². The van der Waals surface area contributed by atoms with Crippen molar-refractivity contribution in [1.82, 2.24) is 9.88 Å². The third kappa shape index (κ3) is 3.17. The summed E-state index contributed by atoms with van der Waals surface area (Å²) < 4.78 is 0. The van der Waals surface area contributed by atoms with Crippen molar-refractivity contribution in [3.05, 3.63) is 24.0 Å². The molecule has 0 saturated carbocycles. The van der Waals surface area contributed by atoms with E-state index < -0.39 is 0 Å². The third-order valence-electron chi connectivity index (χ3n) is 2.96. The Labute approximate surface area is 102 Å². The third-order valence-corrected chi connectivity index (χ3v) is 2.96. The second-order valence-corrected chi connectivity index (χ2v) is 3.96. The zero-order valence-electron chi connectivity index (χ0n) is 10.6. The molecule has 1 amide bonds. The number of rotatable bonds is 5. The SMILES string of the molecule is CCC(CC)N(C)C(=O)c1cc(NN)ccn1. The molecule has 5 heteroatoms. The highest BCUT2D eigenvalue weighted by molar-refractivity contribution is 5.93. The van der Waals surface area contributed by atoms with Crippen LogP contribution in [0.25, 0.3) is 0 Å².